The van der Waals surface area contributed by atoms with E-state index in [0.29, 0.717) is 0 Å². The highest BCUT2D eigenvalue weighted by Gasteiger charge is 2.27. The fraction of sp³-hybridized carbons (Fsp3) is 0.211. The number of hydrogen-bond acceptors (Lipinski definition) is 4. The molecular formula is C19H19NO5S. The van der Waals surface area contributed by atoms with E-state index < -0.39 is 29.1 Å². The number of thioether (sulfide) groups is 1. The molecule has 0 spiro atoms. The summed E-state index contributed by atoms with van der Waals surface area (Å²) < 4.78 is 0. The van der Waals surface area contributed by atoms with Gasteiger partial charge in [0.05, 0.1) is 0 Å². The van der Waals surface area contributed by atoms with Gasteiger partial charge in [-0.05, 0) is 24.1 Å². The molecule has 2 atom stereocenters. The van der Waals surface area contributed by atoms with Gasteiger partial charge in [-0.25, -0.2) is 4.79 Å². The number of carboxylic acid groups (broad SMARTS) is 2. The van der Waals surface area contributed by atoms with Crippen LogP contribution < -0.4 is 5.32 Å². The molecule has 2 aromatic carbocycles. The van der Waals surface area contributed by atoms with Crippen molar-refractivity contribution in [3.63, 3.8) is 0 Å². The maximum atomic E-state index is 12.8. The van der Waals surface area contributed by atoms with E-state index in [1.165, 1.54) is 11.8 Å². The number of aliphatic carboxylic acids is 2. The molecule has 7 heteroatoms. The number of nitrogens with one attached hydrogen (secondary N) is 1. The summed E-state index contributed by atoms with van der Waals surface area (Å²) in [7, 11) is 0. The zero-order valence-corrected chi connectivity index (χ0v) is 14.7. The second-order valence-corrected chi connectivity index (χ2v) is 6.73. The molecule has 0 saturated heterocycles. The first-order valence-corrected chi connectivity index (χ1v) is 8.87. The van der Waals surface area contributed by atoms with E-state index in [1.54, 1.807) is 24.3 Å². The van der Waals surface area contributed by atoms with Crippen LogP contribution in [-0.2, 0) is 14.4 Å². The third-order valence-electron chi connectivity index (χ3n) is 3.60. The minimum atomic E-state index is -1.25. The third-order valence-corrected chi connectivity index (χ3v) is 4.87. The second-order valence-electron chi connectivity index (χ2n) is 5.55. The molecule has 6 nitrogen and oxygen atoms in total. The Hall–Kier alpha value is -2.80. The summed E-state index contributed by atoms with van der Waals surface area (Å²) in [5.74, 6) is -2.83. The van der Waals surface area contributed by atoms with E-state index in [-0.39, 0.29) is 12.8 Å². The van der Waals surface area contributed by atoms with Crippen LogP contribution in [0.2, 0.25) is 0 Å². The summed E-state index contributed by atoms with van der Waals surface area (Å²) in [6.45, 7) is 0. The van der Waals surface area contributed by atoms with Crippen LogP contribution in [0.5, 0.6) is 0 Å². The minimum Gasteiger partial charge on any atom is -0.481 e. The normalized spacial score (nSPS) is 12.8. The number of amides is 1. The Bertz CT molecular complexity index is 751. The van der Waals surface area contributed by atoms with Gasteiger partial charge < -0.3 is 15.5 Å². The highest BCUT2D eigenvalue weighted by atomic mass is 32.2. The molecule has 0 saturated carbocycles. The Labute approximate surface area is 155 Å². The first-order valence-electron chi connectivity index (χ1n) is 7.99. The smallest absolute Gasteiger partial charge is 0.326 e. The molecule has 136 valence electrons. The summed E-state index contributed by atoms with van der Waals surface area (Å²) in [4.78, 5) is 35.7. The standard InChI is InChI=1S/C19H19NO5S/c21-16(22)12-11-15(19(24)25)20-18(23)17(13-7-3-1-4-8-13)26-14-9-5-2-6-10-14/h1-10,15,17H,11-12H2,(H,20,23)(H,21,22)(H,24,25)/t15-,17-/m0/s1. The number of rotatable bonds is 9. The summed E-state index contributed by atoms with van der Waals surface area (Å²) in [5, 5.41) is 19.8. The van der Waals surface area contributed by atoms with Crippen molar-refractivity contribution in [2.45, 2.75) is 29.0 Å². The van der Waals surface area contributed by atoms with Crippen LogP contribution in [0.15, 0.2) is 65.6 Å². The third kappa shape index (κ3) is 5.93. The van der Waals surface area contributed by atoms with Gasteiger partial charge in [-0.1, -0.05) is 48.5 Å². The molecule has 3 N–H and O–H groups in total. The largest absolute Gasteiger partial charge is 0.481 e. The van der Waals surface area contributed by atoms with Crippen molar-refractivity contribution >= 4 is 29.6 Å². The van der Waals surface area contributed by atoms with Crippen LogP contribution in [0, 0.1) is 0 Å². The quantitative estimate of drug-likeness (QED) is 0.584. The van der Waals surface area contributed by atoms with Crippen molar-refractivity contribution in [2.24, 2.45) is 0 Å². The average molecular weight is 373 g/mol. The molecule has 0 unspecified atom stereocenters. The lowest BCUT2D eigenvalue weighted by Crippen LogP contribution is -2.42. The summed E-state index contributed by atoms with van der Waals surface area (Å²) in [5.41, 5.74) is 0.737. The van der Waals surface area contributed by atoms with Crippen molar-refractivity contribution in [3.8, 4) is 0 Å². The highest BCUT2D eigenvalue weighted by Crippen LogP contribution is 2.35. The van der Waals surface area contributed by atoms with Gasteiger partial charge in [0.2, 0.25) is 5.91 Å². The van der Waals surface area contributed by atoms with E-state index in [9.17, 15) is 19.5 Å². The van der Waals surface area contributed by atoms with Gasteiger partial charge in [0.15, 0.2) is 0 Å². The zero-order chi connectivity index (χ0) is 18.9. The Morgan fingerprint density at radius 3 is 2.04 bits per heavy atom. The van der Waals surface area contributed by atoms with E-state index in [2.05, 4.69) is 5.32 Å². The lowest BCUT2D eigenvalue weighted by atomic mass is 10.1. The number of carboxylic acids is 2. The van der Waals surface area contributed by atoms with Crippen molar-refractivity contribution in [3.05, 3.63) is 66.2 Å². The van der Waals surface area contributed by atoms with Crippen molar-refractivity contribution in [1.82, 2.24) is 5.32 Å². The molecule has 0 aliphatic heterocycles. The highest BCUT2D eigenvalue weighted by molar-refractivity contribution is 8.00. The molecule has 0 fully saturated rings. The molecule has 1 amide bonds. The lowest BCUT2D eigenvalue weighted by Gasteiger charge is -2.20. The fourth-order valence-corrected chi connectivity index (χ4v) is 3.36. The number of hydrogen-bond donors (Lipinski definition) is 3. The van der Waals surface area contributed by atoms with E-state index in [4.69, 9.17) is 5.11 Å². The summed E-state index contributed by atoms with van der Waals surface area (Å²) >= 11 is 1.31. The van der Waals surface area contributed by atoms with Crippen molar-refractivity contribution in [1.29, 1.82) is 0 Å². The van der Waals surface area contributed by atoms with Crippen LogP contribution in [0.1, 0.15) is 23.7 Å². The van der Waals surface area contributed by atoms with E-state index in [0.717, 1.165) is 10.5 Å². The van der Waals surface area contributed by atoms with E-state index in [1.807, 2.05) is 36.4 Å². The fourth-order valence-electron chi connectivity index (χ4n) is 2.31. The Morgan fingerprint density at radius 2 is 1.50 bits per heavy atom. The average Bonchev–Trinajstić information content (AvgIpc) is 2.64. The Kier molecular flexibility index (Phi) is 7.23. The monoisotopic (exact) mass is 373 g/mol. The van der Waals surface area contributed by atoms with Gasteiger partial charge in [-0.3, -0.25) is 9.59 Å². The molecule has 0 aliphatic carbocycles. The van der Waals surface area contributed by atoms with Gasteiger partial charge in [0.1, 0.15) is 11.3 Å². The Morgan fingerprint density at radius 1 is 0.923 bits per heavy atom. The van der Waals surface area contributed by atoms with Crippen LogP contribution >= 0.6 is 11.8 Å². The van der Waals surface area contributed by atoms with Crippen LogP contribution in [-0.4, -0.2) is 34.1 Å². The van der Waals surface area contributed by atoms with Crippen molar-refractivity contribution < 1.29 is 24.6 Å². The molecule has 26 heavy (non-hydrogen) atoms. The maximum Gasteiger partial charge on any atom is 0.326 e. The topological polar surface area (TPSA) is 104 Å². The molecule has 0 bridgehead atoms. The molecular weight excluding hydrogens is 354 g/mol. The molecule has 0 aromatic heterocycles. The number of carbonyl (C=O) groups is 3. The first-order chi connectivity index (χ1) is 12.5. The molecule has 0 heterocycles. The number of carbonyl (C=O) groups excluding carboxylic acids is 1. The van der Waals surface area contributed by atoms with Gasteiger partial charge in [0.25, 0.3) is 0 Å². The van der Waals surface area contributed by atoms with Gasteiger partial charge in [-0.15, -0.1) is 11.8 Å². The molecule has 2 aromatic rings. The maximum absolute atomic E-state index is 12.8. The van der Waals surface area contributed by atoms with Crippen LogP contribution in [0.25, 0.3) is 0 Å². The second kappa shape index (κ2) is 9.62. The zero-order valence-electron chi connectivity index (χ0n) is 13.9. The molecule has 0 aliphatic rings. The summed E-state index contributed by atoms with van der Waals surface area (Å²) in [6.07, 6.45) is -0.507. The lowest BCUT2D eigenvalue weighted by molar-refractivity contribution is -0.143. The minimum absolute atomic E-state index is 0.173. The molecule has 2 rings (SSSR count). The SMILES string of the molecule is O=C(O)CC[C@H](NC(=O)[C@@H](Sc1ccccc1)c1ccccc1)C(=O)O. The summed E-state index contributed by atoms with van der Waals surface area (Å²) in [6, 6.07) is 17.1. The predicted molar refractivity (Wildman–Crippen MR) is 97.9 cm³/mol. The first kappa shape index (κ1) is 19.5. The predicted octanol–water partition coefficient (Wildman–Crippen LogP) is 2.95. The van der Waals surface area contributed by atoms with Crippen LogP contribution in [0.4, 0.5) is 0 Å². The van der Waals surface area contributed by atoms with Crippen LogP contribution in [0.3, 0.4) is 0 Å². The number of benzene rings is 2. The Balaban J connectivity index is 2.19. The van der Waals surface area contributed by atoms with Gasteiger partial charge >= 0.3 is 11.9 Å². The van der Waals surface area contributed by atoms with Crippen molar-refractivity contribution in [2.75, 3.05) is 0 Å². The van der Waals surface area contributed by atoms with Gasteiger partial charge in [0, 0.05) is 11.3 Å². The van der Waals surface area contributed by atoms with E-state index >= 15 is 0 Å². The van der Waals surface area contributed by atoms with Gasteiger partial charge in [-0.2, -0.15) is 0 Å². The molecule has 0 radical (unpaired) electrons.